The van der Waals surface area contributed by atoms with E-state index in [1.54, 1.807) is 20.3 Å². The molecular formula is C13H22N4O2. The van der Waals surface area contributed by atoms with Gasteiger partial charge in [0.05, 0.1) is 20.3 Å². The number of nitrogens with one attached hydrogen (secondary N) is 1. The van der Waals surface area contributed by atoms with Crippen LogP contribution in [-0.4, -0.2) is 54.8 Å². The second-order valence-corrected chi connectivity index (χ2v) is 4.75. The van der Waals surface area contributed by atoms with Gasteiger partial charge in [-0.2, -0.15) is 9.97 Å². The van der Waals surface area contributed by atoms with E-state index in [2.05, 4.69) is 27.1 Å². The highest BCUT2D eigenvalue weighted by Gasteiger charge is 2.18. The molecule has 0 saturated carbocycles. The van der Waals surface area contributed by atoms with Crippen molar-refractivity contribution in [3.05, 3.63) is 6.07 Å². The number of aromatic nitrogens is 2. The fourth-order valence-corrected chi connectivity index (χ4v) is 2.24. The number of methoxy groups -OCH3 is 2. The molecule has 0 bridgehead atoms. The maximum atomic E-state index is 5.12. The van der Waals surface area contributed by atoms with Crippen LogP contribution in [-0.2, 0) is 0 Å². The fourth-order valence-electron chi connectivity index (χ4n) is 2.24. The van der Waals surface area contributed by atoms with Crippen molar-refractivity contribution >= 4 is 5.95 Å². The van der Waals surface area contributed by atoms with Crippen molar-refractivity contribution in [3.8, 4) is 11.8 Å². The van der Waals surface area contributed by atoms with E-state index in [-0.39, 0.29) is 0 Å². The van der Waals surface area contributed by atoms with E-state index in [9.17, 15) is 0 Å². The van der Waals surface area contributed by atoms with Gasteiger partial charge in [0.15, 0.2) is 0 Å². The van der Waals surface area contributed by atoms with Crippen LogP contribution in [0.2, 0.25) is 0 Å². The molecule has 1 N–H and O–H groups in total. The summed E-state index contributed by atoms with van der Waals surface area (Å²) in [7, 11) is 3.16. The summed E-state index contributed by atoms with van der Waals surface area (Å²) in [5, 5.41) is 3.25. The standard InChI is InChI=1S/C13H22N4O2/c1-10(17-6-4-5-7-17)9-14-13-15-11(18-2)8-12(16-13)19-3/h8,10H,4-7,9H2,1-3H3,(H,14,15,16). The smallest absolute Gasteiger partial charge is 0.229 e. The third-order valence-electron chi connectivity index (χ3n) is 3.42. The lowest BCUT2D eigenvalue weighted by molar-refractivity contribution is 0.268. The monoisotopic (exact) mass is 266 g/mol. The third-order valence-corrected chi connectivity index (χ3v) is 3.42. The highest BCUT2D eigenvalue weighted by Crippen LogP contribution is 2.18. The molecule has 0 radical (unpaired) electrons. The minimum absolute atomic E-state index is 0.475. The topological polar surface area (TPSA) is 59.5 Å². The summed E-state index contributed by atoms with van der Waals surface area (Å²) in [6.45, 7) is 5.41. The number of ether oxygens (including phenoxy) is 2. The van der Waals surface area contributed by atoms with Gasteiger partial charge in [-0.1, -0.05) is 0 Å². The zero-order valence-corrected chi connectivity index (χ0v) is 11.8. The van der Waals surface area contributed by atoms with E-state index in [4.69, 9.17) is 9.47 Å². The molecule has 1 aliphatic heterocycles. The Morgan fingerprint density at radius 1 is 1.21 bits per heavy atom. The van der Waals surface area contributed by atoms with E-state index in [1.165, 1.54) is 25.9 Å². The van der Waals surface area contributed by atoms with Crippen molar-refractivity contribution in [3.63, 3.8) is 0 Å². The summed E-state index contributed by atoms with van der Waals surface area (Å²) in [4.78, 5) is 11.0. The molecule has 6 nitrogen and oxygen atoms in total. The molecule has 0 spiro atoms. The first-order valence-corrected chi connectivity index (χ1v) is 6.68. The highest BCUT2D eigenvalue weighted by atomic mass is 16.5. The molecule has 19 heavy (non-hydrogen) atoms. The molecule has 106 valence electrons. The summed E-state index contributed by atoms with van der Waals surface area (Å²) >= 11 is 0. The predicted molar refractivity (Wildman–Crippen MR) is 73.9 cm³/mol. The lowest BCUT2D eigenvalue weighted by atomic mass is 10.3. The average Bonchev–Trinajstić information content (AvgIpc) is 2.98. The highest BCUT2D eigenvalue weighted by molar-refractivity contribution is 5.33. The molecular weight excluding hydrogens is 244 g/mol. The molecule has 0 amide bonds. The summed E-state index contributed by atoms with van der Waals surface area (Å²) < 4.78 is 10.2. The quantitative estimate of drug-likeness (QED) is 0.839. The number of rotatable bonds is 6. The van der Waals surface area contributed by atoms with Gasteiger partial charge in [0, 0.05) is 12.6 Å². The number of likely N-dealkylation sites (tertiary alicyclic amines) is 1. The maximum absolute atomic E-state index is 5.12. The van der Waals surface area contributed by atoms with Crippen LogP contribution in [0.15, 0.2) is 6.07 Å². The van der Waals surface area contributed by atoms with Gasteiger partial charge in [-0.15, -0.1) is 0 Å². The van der Waals surface area contributed by atoms with Gasteiger partial charge < -0.3 is 14.8 Å². The average molecular weight is 266 g/mol. The largest absolute Gasteiger partial charge is 0.481 e. The summed E-state index contributed by atoms with van der Waals surface area (Å²) in [6.07, 6.45) is 2.60. The van der Waals surface area contributed by atoms with Gasteiger partial charge in [-0.25, -0.2) is 0 Å². The Morgan fingerprint density at radius 2 is 1.79 bits per heavy atom. The van der Waals surface area contributed by atoms with E-state index in [0.717, 1.165) is 6.54 Å². The Bertz CT molecular complexity index is 385. The first-order chi connectivity index (χ1) is 9.22. The van der Waals surface area contributed by atoms with Crippen molar-refractivity contribution in [1.82, 2.24) is 14.9 Å². The van der Waals surface area contributed by atoms with E-state index in [1.807, 2.05) is 0 Å². The molecule has 1 saturated heterocycles. The lowest BCUT2D eigenvalue weighted by Gasteiger charge is -2.23. The van der Waals surface area contributed by atoms with E-state index >= 15 is 0 Å². The number of nitrogens with zero attached hydrogens (tertiary/aromatic N) is 3. The van der Waals surface area contributed by atoms with Crippen LogP contribution in [0, 0.1) is 0 Å². The molecule has 1 unspecified atom stereocenters. The van der Waals surface area contributed by atoms with Crippen molar-refractivity contribution in [1.29, 1.82) is 0 Å². The van der Waals surface area contributed by atoms with Crippen LogP contribution in [0.1, 0.15) is 19.8 Å². The molecule has 0 aliphatic carbocycles. The number of anilines is 1. The summed E-state index contributed by atoms with van der Waals surface area (Å²) in [5.74, 6) is 1.55. The minimum atomic E-state index is 0.475. The Hall–Kier alpha value is -1.56. The number of hydrogen-bond donors (Lipinski definition) is 1. The molecule has 2 rings (SSSR count). The SMILES string of the molecule is COc1cc(OC)nc(NCC(C)N2CCCC2)n1. The Kier molecular flexibility index (Phi) is 4.79. The van der Waals surface area contributed by atoms with Gasteiger partial charge in [0.1, 0.15) is 0 Å². The molecule has 0 aromatic carbocycles. The minimum Gasteiger partial charge on any atom is -0.481 e. The molecule has 2 heterocycles. The van der Waals surface area contributed by atoms with Crippen molar-refractivity contribution < 1.29 is 9.47 Å². The first kappa shape index (κ1) is 13.9. The fraction of sp³-hybridized carbons (Fsp3) is 0.692. The molecule has 1 aromatic heterocycles. The van der Waals surface area contributed by atoms with Gasteiger partial charge in [-0.3, -0.25) is 4.90 Å². The predicted octanol–water partition coefficient (Wildman–Crippen LogP) is 1.39. The van der Waals surface area contributed by atoms with Crippen molar-refractivity contribution in [2.45, 2.75) is 25.8 Å². The normalized spacial score (nSPS) is 17.2. The van der Waals surface area contributed by atoms with Crippen molar-refractivity contribution in [2.24, 2.45) is 0 Å². The van der Waals surface area contributed by atoms with Gasteiger partial charge in [-0.05, 0) is 32.9 Å². The van der Waals surface area contributed by atoms with Crippen LogP contribution in [0.25, 0.3) is 0 Å². The lowest BCUT2D eigenvalue weighted by Crippen LogP contribution is -2.35. The molecule has 1 atom stereocenters. The van der Waals surface area contributed by atoms with Crippen LogP contribution < -0.4 is 14.8 Å². The molecule has 6 heteroatoms. The van der Waals surface area contributed by atoms with E-state index in [0.29, 0.717) is 23.8 Å². The Morgan fingerprint density at radius 3 is 2.32 bits per heavy atom. The third kappa shape index (κ3) is 3.70. The Labute approximate surface area is 114 Å². The van der Waals surface area contributed by atoms with Crippen molar-refractivity contribution in [2.75, 3.05) is 39.2 Å². The van der Waals surface area contributed by atoms with E-state index < -0.39 is 0 Å². The maximum Gasteiger partial charge on any atom is 0.229 e. The first-order valence-electron chi connectivity index (χ1n) is 6.68. The second kappa shape index (κ2) is 6.56. The van der Waals surface area contributed by atoms with Crippen LogP contribution >= 0.6 is 0 Å². The molecule has 1 fully saturated rings. The summed E-state index contributed by atoms with van der Waals surface area (Å²) in [6, 6.07) is 2.14. The van der Waals surface area contributed by atoms with Crippen LogP contribution in [0.3, 0.4) is 0 Å². The zero-order valence-electron chi connectivity index (χ0n) is 11.8. The zero-order chi connectivity index (χ0) is 13.7. The summed E-state index contributed by atoms with van der Waals surface area (Å²) in [5.41, 5.74) is 0. The van der Waals surface area contributed by atoms with Crippen LogP contribution in [0.5, 0.6) is 11.8 Å². The Balaban J connectivity index is 1.94. The molecule has 1 aliphatic rings. The number of hydrogen-bond acceptors (Lipinski definition) is 6. The van der Waals surface area contributed by atoms with Crippen LogP contribution in [0.4, 0.5) is 5.95 Å². The second-order valence-electron chi connectivity index (χ2n) is 4.75. The molecule has 1 aromatic rings. The van der Waals surface area contributed by atoms with Gasteiger partial charge in [0.2, 0.25) is 17.7 Å². The van der Waals surface area contributed by atoms with Gasteiger partial charge in [0.25, 0.3) is 0 Å². The van der Waals surface area contributed by atoms with Gasteiger partial charge >= 0.3 is 0 Å².